The number of carbonyl (C=O) groups is 2. The number of anilines is 1. The van der Waals surface area contributed by atoms with Gasteiger partial charge in [0.2, 0.25) is 5.91 Å². The lowest BCUT2D eigenvalue weighted by molar-refractivity contribution is -0.113. The number of aromatic nitrogens is 3. The number of benzene rings is 2. The number of hydrogen-bond acceptors (Lipinski definition) is 5. The SMILES string of the molecule is CCn1c(SCC(=O)Nc2ccc(F)cc2)nnc1[C@@H](C)NC(=O)c1ccccc1Br. The number of rotatable bonds is 8. The summed E-state index contributed by atoms with van der Waals surface area (Å²) in [5.41, 5.74) is 1.05. The molecule has 0 aliphatic carbocycles. The van der Waals surface area contributed by atoms with Crippen LogP contribution in [-0.4, -0.2) is 32.3 Å². The zero-order valence-electron chi connectivity index (χ0n) is 16.9. The molecule has 0 spiro atoms. The summed E-state index contributed by atoms with van der Waals surface area (Å²) in [6, 6.07) is 12.4. The van der Waals surface area contributed by atoms with Gasteiger partial charge >= 0.3 is 0 Å². The van der Waals surface area contributed by atoms with Crippen molar-refractivity contribution in [2.45, 2.75) is 31.6 Å². The van der Waals surface area contributed by atoms with Crippen LogP contribution in [0.5, 0.6) is 0 Å². The van der Waals surface area contributed by atoms with E-state index in [1.54, 1.807) is 18.2 Å². The van der Waals surface area contributed by atoms with E-state index >= 15 is 0 Å². The van der Waals surface area contributed by atoms with E-state index in [-0.39, 0.29) is 29.4 Å². The van der Waals surface area contributed by atoms with E-state index in [0.29, 0.717) is 33.2 Å². The maximum Gasteiger partial charge on any atom is 0.253 e. The molecule has 3 aromatic rings. The number of thioether (sulfide) groups is 1. The van der Waals surface area contributed by atoms with Crippen molar-refractivity contribution in [1.29, 1.82) is 0 Å². The molecule has 0 saturated heterocycles. The first-order valence-corrected chi connectivity index (χ1v) is 11.3. The molecule has 2 aromatic carbocycles. The molecule has 1 heterocycles. The Labute approximate surface area is 192 Å². The predicted octanol–water partition coefficient (Wildman–Crippen LogP) is 4.42. The first-order valence-electron chi connectivity index (χ1n) is 9.55. The van der Waals surface area contributed by atoms with Crippen molar-refractivity contribution in [2.24, 2.45) is 0 Å². The van der Waals surface area contributed by atoms with E-state index < -0.39 is 0 Å². The van der Waals surface area contributed by atoms with Gasteiger partial charge in [-0.2, -0.15) is 0 Å². The van der Waals surface area contributed by atoms with Crippen LogP contribution in [0.3, 0.4) is 0 Å². The van der Waals surface area contributed by atoms with Crippen molar-refractivity contribution in [2.75, 3.05) is 11.1 Å². The van der Waals surface area contributed by atoms with Crippen LogP contribution >= 0.6 is 27.7 Å². The maximum atomic E-state index is 13.0. The normalized spacial score (nSPS) is 11.7. The van der Waals surface area contributed by atoms with Gasteiger partial charge in [0.15, 0.2) is 11.0 Å². The predicted molar refractivity (Wildman–Crippen MR) is 121 cm³/mol. The molecule has 0 aliphatic heterocycles. The Hall–Kier alpha value is -2.72. The highest BCUT2D eigenvalue weighted by atomic mass is 79.9. The molecule has 0 bridgehead atoms. The topological polar surface area (TPSA) is 88.9 Å². The third-order valence-corrected chi connectivity index (χ3v) is 6.03. The molecule has 162 valence electrons. The summed E-state index contributed by atoms with van der Waals surface area (Å²) in [5, 5.41) is 14.6. The lowest BCUT2D eigenvalue weighted by atomic mass is 10.2. The molecular weight excluding hydrogens is 485 g/mol. The Kier molecular flexibility index (Phi) is 7.80. The lowest BCUT2D eigenvalue weighted by Gasteiger charge is -2.15. The summed E-state index contributed by atoms with van der Waals surface area (Å²) in [5.74, 6) is -0.105. The van der Waals surface area contributed by atoms with Crippen LogP contribution in [0.4, 0.5) is 10.1 Å². The quantitative estimate of drug-likeness (QED) is 0.442. The fraction of sp³-hybridized carbons (Fsp3) is 0.238. The second-order valence-corrected chi connectivity index (χ2v) is 8.40. The average Bonchev–Trinajstić information content (AvgIpc) is 3.17. The standard InChI is InChI=1S/C21H21BrFN5O2S/c1-3-28-19(13(2)24-20(30)16-6-4-5-7-17(16)22)26-27-21(28)31-12-18(29)25-15-10-8-14(23)9-11-15/h4-11,13H,3,12H2,1-2H3,(H,24,30)(H,25,29)/t13-/m1/s1. The minimum absolute atomic E-state index is 0.118. The zero-order valence-corrected chi connectivity index (χ0v) is 19.3. The number of hydrogen-bond donors (Lipinski definition) is 2. The van der Waals surface area contributed by atoms with Crippen LogP contribution in [0.15, 0.2) is 58.2 Å². The molecule has 0 saturated carbocycles. The van der Waals surface area contributed by atoms with Gasteiger partial charge in [-0.3, -0.25) is 9.59 Å². The molecule has 3 rings (SSSR count). The molecule has 2 N–H and O–H groups in total. The molecule has 10 heteroatoms. The Balaban J connectivity index is 1.63. The smallest absolute Gasteiger partial charge is 0.253 e. The summed E-state index contributed by atoms with van der Waals surface area (Å²) in [4.78, 5) is 24.8. The van der Waals surface area contributed by atoms with Gasteiger partial charge in [0.1, 0.15) is 5.82 Å². The molecule has 1 aromatic heterocycles. The van der Waals surface area contributed by atoms with E-state index in [1.165, 1.54) is 36.0 Å². The number of carbonyl (C=O) groups excluding carboxylic acids is 2. The molecule has 2 amide bonds. The van der Waals surface area contributed by atoms with E-state index in [9.17, 15) is 14.0 Å². The summed E-state index contributed by atoms with van der Waals surface area (Å²) in [7, 11) is 0. The summed E-state index contributed by atoms with van der Waals surface area (Å²) in [6.45, 7) is 4.36. The lowest BCUT2D eigenvalue weighted by Crippen LogP contribution is -2.29. The van der Waals surface area contributed by atoms with Gasteiger partial charge in [0, 0.05) is 16.7 Å². The highest BCUT2D eigenvalue weighted by Crippen LogP contribution is 2.22. The number of nitrogens with zero attached hydrogens (tertiary/aromatic N) is 3. The maximum absolute atomic E-state index is 13.0. The minimum Gasteiger partial charge on any atom is -0.342 e. The molecule has 0 radical (unpaired) electrons. The van der Waals surface area contributed by atoms with Crippen LogP contribution in [0.25, 0.3) is 0 Å². The fourth-order valence-corrected chi connectivity index (χ4v) is 4.14. The van der Waals surface area contributed by atoms with Crippen molar-refractivity contribution >= 4 is 45.2 Å². The summed E-state index contributed by atoms with van der Waals surface area (Å²) >= 11 is 4.62. The van der Waals surface area contributed by atoms with E-state index in [0.717, 1.165) is 0 Å². The molecule has 7 nitrogen and oxygen atoms in total. The molecule has 0 unspecified atom stereocenters. The number of nitrogens with one attached hydrogen (secondary N) is 2. The molecule has 0 fully saturated rings. The van der Waals surface area contributed by atoms with E-state index in [1.807, 2.05) is 24.5 Å². The highest BCUT2D eigenvalue weighted by molar-refractivity contribution is 9.10. The van der Waals surface area contributed by atoms with Gasteiger partial charge in [0.25, 0.3) is 5.91 Å². The molecule has 1 atom stereocenters. The third-order valence-electron chi connectivity index (χ3n) is 4.38. The Morgan fingerprint density at radius 2 is 1.87 bits per heavy atom. The van der Waals surface area contributed by atoms with Crippen molar-refractivity contribution in [1.82, 2.24) is 20.1 Å². The zero-order chi connectivity index (χ0) is 22.4. The van der Waals surface area contributed by atoms with Crippen LogP contribution in [0, 0.1) is 5.82 Å². The summed E-state index contributed by atoms with van der Waals surface area (Å²) in [6.07, 6.45) is 0. The molecule has 0 aliphatic rings. The van der Waals surface area contributed by atoms with Crippen molar-refractivity contribution in [3.63, 3.8) is 0 Å². The molecular formula is C21H21BrFN5O2S. The van der Waals surface area contributed by atoms with Crippen LogP contribution < -0.4 is 10.6 Å². The van der Waals surface area contributed by atoms with Gasteiger partial charge in [0.05, 0.1) is 17.4 Å². The summed E-state index contributed by atoms with van der Waals surface area (Å²) < 4.78 is 15.5. The first kappa shape index (κ1) is 23.0. The average molecular weight is 506 g/mol. The largest absolute Gasteiger partial charge is 0.342 e. The monoisotopic (exact) mass is 505 g/mol. The van der Waals surface area contributed by atoms with Crippen LogP contribution in [0.2, 0.25) is 0 Å². The van der Waals surface area contributed by atoms with Crippen LogP contribution in [-0.2, 0) is 11.3 Å². The van der Waals surface area contributed by atoms with Gasteiger partial charge in [-0.05, 0) is 66.2 Å². The highest BCUT2D eigenvalue weighted by Gasteiger charge is 2.21. The Morgan fingerprint density at radius 3 is 2.55 bits per heavy atom. The van der Waals surface area contributed by atoms with Crippen molar-refractivity contribution in [3.05, 3.63) is 70.2 Å². The first-order chi connectivity index (χ1) is 14.9. The third kappa shape index (κ3) is 5.92. The van der Waals surface area contributed by atoms with E-state index in [2.05, 4.69) is 36.8 Å². The van der Waals surface area contributed by atoms with Gasteiger partial charge in [-0.15, -0.1) is 10.2 Å². The minimum atomic E-state index is -0.380. The fourth-order valence-electron chi connectivity index (χ4n) is 2.87. The van der Waals surface area contributed by atoms with Gasteiger partial charge < -0.3 is 15.2 Å². The number of amides is 2. The molecule has 31 heavy (non-hydrogen) atoms. The van der Waals surface area contributed by atoms with Gasteiger partial charge in [-0.25, -0.2) is 4.39 Å². The Morgan fingerprint density at radius 1 is 1.16 bits per heavy atom. The Bertz CT molecular complexity index is 1070. The second kappa shape index (κ2) is 10.5. The van der Waals surface area contributed by atoms with Crippen molar-refractivity contribution in [3.8, 4) is 0 Å². The van der Waals surface area contributed by atoms with Gasteiger partial charge in [-0.1, -0.05) is 23.9 Å². The van der Waals surface area contributed by atoms with Crippen LogP contribution in [0.1, 0.15) is 36.1 Å². The number of halogens is 2. The van der Waals surface area contributed by atoms with Crippen molar-refractivity contribution < 1.29 is 14.0 Å². The van der Waals surface area contributed by atoms with E-state index in [4.69, 9.17) is 0 Å². The second-order valence-electron chi connectivity index (χ2n) is 6.60.